The van der Waals surface area contributed by atoms with E-state index in [4.69, 9.17) is 11.6 Å². The summed E-state index contributed by atoms with van der Waals surface area (Å²) < 4.78 is 31.6. The zero-order chi connectivity index (χ0) is 19.9. The zero-order valence-corrected chi connectivity index (χ0v) is 17.9. The molecule has 1 amide bonds. The van der Waals surface area contributed by atoms with Crippen LogP contribution in [-0.2, 0) is 27.3 Å². The van der Waals surface area contributed by atoms with Crippen molar-refractivity contribution in [1.82, 2.24) is 4.57 Å². The summed E-state index contributed by atoms with van der Waals surface area (Å²) in [6, 6.07) is 4.25. The molecule has 26 heavy (non-hydrogen) atoms. The third kappa shape index (κ3) is 4.36. The van der Waals surface area contributed by atoms with Gasteiger partial charge in [0.15, 0.2) is 0 Å². The van der Waals surface area contributed by atoms with Crippen LogP contribution in [0.2, 0.25) is 5.02 Å². The molecule has 2 rings (SSSR count). The summed E-state index contributed by atoms with van der Waals surface area (Å²) in [5.74, 6) is -0.378. The first-order chi connectivity index (χ1) is 11.8. The summed E-state index contributed by atoms with van der Waals surface area (Å²) in [4.78, 5) is 12.7. The smallest absolute Gasteiger partial charge is 0.287 e. The molecule has 6 nitrogen and oxygen atoms in total. The maximum atomic E-state index is 12.9. The Bertz CT molecular complexity index is 1030. The van der Waals surface area contributed by atoms with Crippen LogP contribution in [0.5, 0.6) is 0 Å². The predicted molar refractivity (Wildman–Crippen MR) is 105 cm³/mol. The number of nitrogens with zero attached hydrogens (tertiary/aromatic N) is 2. The van der Waals surface area contributed by atoms with Crippen LogP contribution in [0.4, 0.5) is 5.69 Å². The Morgan fingerprint density at radius 2 is 1.92 bits per heavy atom. The van der Waals surface area contributed by atoms with Crippen LogP contribution < -0.4 is 10.1 Å². The molecule has 0 aliphatic rings. The van der Waals surface area contributed by atoms with Crippen LogP contribution in [0.1, 0.15) is 38.3 Å². The number of halogens is 1. The number of rotatable bonds is 3. The Kier molecular flexibility index (Phi) is 5.70. The predicted octanol–water partition coefficient (Wildman–Crippen LogP) is 3.59. The molecule has 0 atom stereocenters. The van der Waals surface area contributed by atoms with Crippen LogP contribution in [-0.4, -0.2) is 18.9 Å². The Hall–Kier alpha value is -1.64. The maximum absolute atomic E-state index is 12.9. The van der Waals surface area contributed by atoms with Crippen LogP contribution in [0.15, 0.2) is 27.5 Å². The number of amides is 1. The lowest BCUT2D eigenvalue weighted by Crippen LogP contribution is -2.16. The SMILES string of the molecule is CC(=O)Nc1ccc(Cl)cc1S(=O)(=O)/N=c1\sc(C(C)(C)C)c(C)n1C. The van der Waals surface area contributed by atoms with Crippen LogP contribution >= 0.6 is 22.9 Å². The molecule has 9 heteroatoms. The van der Waals surface area contributed by atoms with Gasteiger partial charge in [-0.25, -0.2) is 0 Å². The van der Waals surface area contributed by atoms with Gasteiger partial charge < -0.3 is 9.88 Å². The van der Waals surface area contributed by atoms with Gasteiger partial charge in [0.25, 0.3) is 10.0 Å². The van der Waals surface area contributed by atoms with Gasteiger partial charge in [-0.3, -0.25) is 4.79 Å². The fraction of sp³-hybridized carbons (Fsp3) is 0.412. The number of aromatic nitrogens is 1. The molecule has 2 aromatic rings. The van der Waals surface area contributed by atoms with Gasteiger partial charge in [0.2, 0.25) is 10.7 Å². The topological polar surface area (TPSA) is 80.5 Å². The first kappa shape index (κ1) is 20.7. The molecular formula is C17H22ClN3O3S2. The van der Waals surface area contributed by atoms with E-state index in [9.17, 15) is 13.2 Å². The molecule has 0 unspecified atom stereocenters. The number of thiazole rings is 1. The molecule has 0 radical (unpaired) electrons. The number of sulfonamides is 1. The van der Waals surface area contributed by atoms with Crippen molar-refractivity contribution in [1.29, 1.82) is 0 Å². The summed E-state index contributed by atoms with van der Waals surface area (Å²) in [7, 11) is -2.29. The summed E-state index contributed by atoms with van der Waals surface area (Å²) in [5, 5.41) is 2.75. The Balaban J connectivity index is 2.69. The monoisotopic (exact) mass is 415 g/mol. The lowest BCUT2D eigenvalue weighted by Gasteiger charge is -2.17. The van der Waals surface area contributed by atoms with Gasteiger partial charge in [-0.05, 0) is 30.5 Å². The summed E-state index contributed by atoms with van der Waals surface area (Å²) in [5.41, 5.74) is 0.990. The minimum absolute atomic E-state index is 0.124. The molecule has 1 N–H and O–H groups in total. The molecule has 0 saturated heterocycles. The van der Waals surface area contributed by atoms with E-state index in [0.29, 0.717) is 4.80 Å². The van der Waals surface area contributed by atoms with E-state index in [0.717, 1.165) is 10.6 Å². The highest BCUT2D eigenvalue weighted by Crippen LogP contribution is 2.29. The van der Waals surface area contributed by atoms with Crippen molar-refractivity contribution < 1.29 is 13.2 Å². The number of hydrogen-bond acceptors (Lipinski definition) is 4. The van der Waals surface area contributed by atoms with E-state index in [1.807, 2.05) is 6.92 Å². The first-order valence-electron chi connectivity index (χ1n) is 7.88. The van der Waals surface area contributed by atoms with Gasteiger partial charge in [-0.1, -0.05) is 32.4 Å². The fourth-order valence-electron chi connectivity index (χ4n) is 2.46. The second-order valence-corrected chi connectivity index (χ2v) is 9.98. The van der Waals surface area contributed by atoms with Crippen LogP contribution in [0.25, 0.3) is 0 Å². The summed E-state index contributed by atoms with van der Waals surface area (Å²) in [6.45, 7) is 9.44. The van der Waals surface area contributed by atoms with Crippen LogP contribution in [0, 0.1) is 6.92 Å². The van der Waals surface area contributed by atoms with Crippen molar-refractivity contribution in [2.24, 2.45) is 11.4 Å². The molecule has 0 bridgehead atoms. The van der Waals surface area contributed by atoms with E-state index < -0.39 is 10.0 Å². The van der Waals surface area contributed by atoms with Crippen molar-refractivity contribution in [3.8, 4) is 0 Å². The second kappa shape index (κ2) is 7.17. The highest BCUT2D eigenvalue weighted by atomic mass is 35.5. The minimum atomic E-state index is -4.07. The van der Waals surface area contributed by atoms with E-state index in [1.54, 1.807) is 11.6 Å². The molecule has 0 spiro atoms. The summed E-state index contributed by atoms with van der Waals surface area (Å²) in [6.07, 6.45) is 0. The average molecular weight is 416 g/mol. The van der Waals surface area contributed by atoms with Gasteiger partial charge in [-0.2, -0.15) is 8.42 Å². The number of benzene rings is 1. The number of carbonyl (C=O) groups excluding carboxylic acids is 1. The normalized spacial score (nSPS) is 13.1. The quantitative estimate of drug-likeness (QED) is 0.831. The van der Waals surface area contributed by atoms with Gasteiger partial charge in [0.05, 0.1) is 5.69 Å². The fourth-order valence-corrected chi connectivity index (χ4v) is 5.29. The minimum Gasteiger partial charge on any atom is -0.325 e. The van der Waals surface area contributed by atoms with E-state index in [2.05, 4.69) is 30.5 Å². The molecule has 0 aliphatic heterocycles. The van der Waals surface area contributed by atoms with Crippen molar-refractivity contribution in [3.05, 3.63) is 38.6 Å². The molecular weight excluding hydrogens is 394 g/mol. The Labute approximate surface area is 162 Å². The van der Waals surface area contributed by atoms with E-state index in [-0.39, 0.29) is 26.9 Å². The molecule has 0 saturated carbocycles. The van der Waals surface area contributed by atoms with Crippen molar-refractivity contribution >= 4 is 44.6 Å². The Morgan fingerprint density at radius 3 is 2.42 bits per heavy atom. The number of hydrogen-bond donors (Lipinski definition) is 1. The highest BCUT2D eigenvalue weighted by molar-refractivity contribution is 7.90. The van der Waals surface area contributed by atoms with Crippen molar-refractivity contribution in [3.63, 3.8) is 0 Å². The molecule has 0 fully saturated rings. The number of carbonyl (C=O) groups is 1. The van der Waals surface area contributed by atoms with E-state index in [1.165, 1.54) is 36.5 Å². The number of nitrogens with one attached hydrogen (secondary N) is 1. The largest absolute Gasteiger partial charge is 0.325 e. The van der Waals surface area contributed by atoms with E-state index >= 15 is 0 Å². The third-order valence-corrected chi connectivity index (χ3v) is 7.04. The molecule has 142 valence electrons. The van der Waals surface area contributed by atoms with Gasteiger partial charge in [-0.15, -0.1) is 15.7 Å². The molecule has 1 heterocycles. The third-order valence-electron chi connectivity index (χ3n) is 3.72. The lowest BCUT2D eigenvalue weighted by atomic mass is 9.93. The zero-order valence-electron chi connectivity index (χ0n) is 15.5. The maximum Gasteiger partial charge on any atom is 0.287 e. The Morgan fingerprint density at radius 1 is 1.31 bits per heavy atom. The summed E-state index contributed by atoms with van der Waals surface area (Å²) >= 11 is 7.30. The molecule has 1 aromatic heterocycles. The van der Waals surface area contributed by atoms with Crippen molar-refractivity contribution in [2.75, 3.05) is 5.32 Å². The van der Waals surface area contributed by atoms with Gasteiger partial charge in [0.1, 0.15) is 4.90 Å². The van der Waals surface area contributed by atoms with Crippen molar-refractivity contribution in [2.45, 2.75) is 44.9 Å². The lowest BCUT2D eigenvalue weighted by molar-refractivity contribution is -0.114. The first-order valence-corrected chi connectivity index (χ1v) is 10.5. The standard InChI is InChI=1S/C17H22ClN3O3S2/c1-10-15(17(3,4)5)25-16(21(10)6)20-26(23,24)14-9-12(18)7-8-13(14)19-11(2)22/h7-9H,1-6H3,(H,19,22)/b20-16-. The van der Waals surface area contributed by atoms with Crippen LogP contribution in [0.3, 0.4) is 0 Å². The van der Waals surface area contributed by atoms with Gasteiger partial charge >= 0.3 is 0 Å². The average Bonchev–Trinajstić information content (AvgIpc) is 2.76. The van der Waals surface area contributed by atoms with Gasteiger partial charge in [0, 0.05) is 29.6 Å². The second-order valence-electron chi connectivity index (χ2n) is 7.00. The molecule has 1 aromatic carbocycles. The highest BCUT2D eigenvalue weighted by Gasteiger charge is 2.23. The molecule has 0 aliphatic carbocycles. The number of anilines is 1.